The number of hydrogen-bond donors (Lipinski definition) is 1. The predicted molar refractivity (Wildman–Crippen MR) is 84.9 cm³/mol. The zero-order chi connectivity index (χ0) is 15.5. The summed E-state index contributed by atoms with van der Waals surface area (Å²) in [5, 5.41) is 14.0. The number of benzene rings is 1. The molecule has 0 unspecified atom stereocenters. The highest BCUT2D eigenvalue weighted by Gasteiger charge is 2.17. The van der Waals surface area contributed by atoms with E-state index >= 15 is 0 Å². The van der Waals surface area contributed by atoms with Crippen molar-refractivity contribution in [2.75, 3.05) is 5.32 Å². The van der Waals surface area contributed by atoms with Crippen molar-refractivity contribution in [1.82, 2.24) is 4.98 Å². The normalized spacial score (nSPS) is 13.3. The van der Waals surface area contributed by atoms with Crippen molar-refractivity contribution in [3.05, 3.63) is 56.6 Å². The predicted octanol–water partition coefficient (Wildman–Crippen LogP) is 3.19. The van der Waals surface area contributed by atoms with Crippen molar-refractivity contribution in [1.29, 1.82) is 0 Å². The first-order valence-corrected chi connectivity index (χ1v) is 7.65. The summed E-state index contributed by atoms with van der Waals surface area (Å²) in [5.41, 5.74) is 1.69. The summed E-state index contributed by atoms with van der Waals surface area (Å²) < 4.78 is 0. The molecule has 112 valence electrons. The number of anilines is 1. The largest absolute Gasteiger partial charge is 0.298 e. The van der Waals surface area contributed by atoms with E-state index in [4.69, 9.17) is 0 Å². The smallest absolute Gasteiger partial charge is 0.270 e. The Kier molecular flexibility index (Phi) is 3.97. The molecule has 0 aliphatic heterocycles. The SMILES string of the molecule is O=C(C=Cc1cccc([N+](=O)[O-])c1)Nc1nc2c(s1)CCC2. The van der Waals surface area contributed by atoms with E-state index in [0.717, 1.165) is 25.0 Å². The molecule has 1 amide bonds. The number of carbonyl (C=O) groups excluding carboxylic acids is 1. The third-order valence-corrected chi connectivity index (χ3v) is 4.41. The number of nitrogens with one attached hydrogen (secondary N) is 1. The van der Waals surface area contributed by atoms with Crippen LogP contribution in [0, 0.1) is 10.1 Å². The van der Waals surface area contributed by atoms with E-state index in [1.165, 1.54) is 34.4 Å². The van der Waals surface area contributed by atoms with Gasteiger partial charge in [-0.2, -0.15) is 0 Å². The van der Waals surface area contributed by atoms with E-state index in [-0.39, 0.29) is 11.6 Å². The molecule has 0 saturated heterocycles. The van der Waals surface area contributed by atoms with Crippen LogP contribution in [0.4, 0.5) is 10.8 Å². The summed E-state index contributed by atoms with van der Waals surface area (Å²) in [7, 11) is 0. The number of non-ortho nitro benzene ring substituents is 1. The summed E-state index contributed by atoms with van der Waals surface area (Å²) in [4.78, 5) is 27.7. The van der Waals surface area contributed by atoms with Crippen molar-refractivity contribution >= 4 is 34.1 Å². The van der Waals surface area contributed by atoms with E-state index in [0.29, 0.717) is 10.7 Å². The fourth-order valence-corrected chi connectivity index (χ4v) is 3.36. The Bertz CT molecular complexity index is 746. The van der Waals surface area contributed by atoms with Crippen LogP contribution in [0.15, 0.2) is 30.3 Å². The van der Waals surface area contributed by atoms with Gasteiger partial charge in [0.25, 0.3) is 5.69 Å². The molecule has 0 atom stereocenters. The molecule has 1 aromatic heterocycles. The zero-order valence-electron chi connectivity index (χ0n) is 11.6. The van der Waals surface area contributed by atoms with Crippen LogP contribution in [0.2, 0.25) is 0 Å². The lowest BCUT2D eigenvalue weighted by Crippen LogP contribution is -2.07. The van der Waals surface area contributed by atoms with Gasteiger partial charge in [0.05, 0.1) is 10.6 Å². The lowest BCUT2D eigenvalue weighted by Gasteiger charge is -1.97. The highest BCUT2D eigenvalue weighted by molar-refractivity contribution is 7.15. The number of carbonyl (C=O) groups is 1. The van der Waals surface area contributed by atoms with Gasteiger partial charge in [-0.05, 0) is 30.9 Å². The number of thiazole rings is 1. The molecule has 0 radical (unpaired) electrons. The van der Waals surface area contributed by atoms with Crippen LogP contribution in [-0.2, 0) is 17.6 Å². The molecule has 0 saturated carbocycles. The van der Waals surface area contributed by atoms with Gasteiger partial charge in [0.15, 0.2) is 5.13 Å². The zero-order valence-corrected chi connectivity index (χ0v) is 12.4. The molecule has 1 aromatic carbocycles. The van der Waals surface area contributed by atoms with Gasteiger partial charge in [-0.15, -0.1) is 11.3 Å². The molecule has 0 bridgehead atoms. The van der Waals surface area contributed by atoms with E-state index in [9.17, 15) is 14.9 Å². The Morgan fingerprint density at radius 2 is 2.27 bits per heavy atom. The van der Waals surface area contributed by atoms with Gasteiger partial charge >= 0.3 is 0 Å². The monoisotopic (exact) mass is 315 g/mol. The van der Waals surface area contributed by atoms with E-state index in [1.807, 2.05) is 0 Å². The second-order valence-electron chi connectivity index (χ2n) is 4.92. The Morgan fingerprint density at radius 1 is 1.41 bits per heavy atom. The lowest BCUT2D eigenvalue weighted by molar-refractivity contribution is -0.384. The summed E-state index contributed by atoms with van der Waals surface area (Å²) in [6.45, 7) is 0. The van der Waals surface area contributed by atoms with E-state index in [2.05, 4.69) is 10.3 Å². The van der Waals surface area contributed by atoms with Crippen LogP contribution < -0.4 is 5.32 Å². The Balaban J connectivity index is 1.65. The topological polar surface area (TPSA) is 85.1 Å². The molecule has 2 aromatic rings. The maximum absolute atomic E-state index is 11.9. The van der Waals surface area contributed by atoms with E-state index in [1.54, 1.807) is 18.2 Å². The second kappa shape index (κ2) is 6.07. The summed E-state index contributed by atoms with van der Waals surface area (Å²) in [5.74, 6) is -0.293. The second-order valence-corrected chi connectivity index (χ2v) is 6.00. The van der Waals surface area contributed by atoms with Crippen molar-refractivity contribution in [2.45, 2.75) is 19.3 Å². The molecule has 22 heavy (non-hydrogen) atoms. The highest BCUT2D eigenvalue weighted by Crippen LogP contribution is 2.30. The fourth-order valence-electron chi connectivity index (χ4n) is 2.30. The van der Waals surface area contributed by atoms with Crippen molar-refractivity contribution in [3.8, 4) is 0 Å². The molecule has 0 spiro atoms. The van der Waals surface area contributed by atoms with Gasteiger partial charge in [-0.25, -0.2) is 4.98 Å². The number of amides is 1. The van der Waals surface area contributed by atoms with Gasteiger partial charge < -0.3 is 0 Å². The van der Waals surface area contributed by atoms with Gasteiger partial charge in [-0.1, -0.05) is 12.1 Å². The number of fused-ring (bicyclic) bond motifs is 1. The average Bonchev–Trinajstić information content (AvgIpc) is 3.06. The number of aromatic nitrogens is 1. The van der Waals surface area contributed by atoms with Crippen LogP contribution in [-0.4, -0.2) is 15.8 Å². The number of hydrogen-bond acceptors (Lipinski definition) is 5. The van der Waals surface area contributed by atoms with Crippen molar-refractivity contribution in [3.63, 3.8) is 0 Å². The standard InChI is InChI=1S/C15H13N3O3S/c19-14(17-15-16-12-5-2-6-13(12)22-15)8-7-10-3-1-4-11(9-10)18(20)21/h1,3-4,7-9H,2,5-6H2,(H,16,17,19). The first-order chi connectivity index (χ1) is 10.6. The first-order valence-electron chi connectivity index (χ1n) is 6.84. The van der Waals surface area contributed by atoms with Crippen LogP contribution in [0.5, 0.6) is 0 Å². The number of nitro benzene ring substituents is 1. The highest BCUT2D eigenvalue weighted by atomic mass is 32.1. The Hall–Kier alpha value is -2.54. The van der Waals surface area contributed by atoms with Crippen LogP contribution >= 0.6 is 11.3 Å². The van der Waals surface area contributed by atoms with Gasteiger partial charge in [0, 0.05) is 23.1 Å². The average molecular weight is 315 g/mol. The minimum atomic E-state index is -0.464. The minimum Gasteiger partial charge on any atom is -0.298 e. The number of aryl methyl sites for hydroxylation is 2. The fraction of sp³-hybridized carbons (Fsp3) is 0.200. The van der Waals surface area contributed by atoms with E-state index < -0.39 is 4.92 Å². The molecule has 7 heteroatoms. The maximum atomic E-state index is 11.9. The van der Waals surface area contributed by atoms with Crippen LogP contribution in [0.1, 0.15) is 22.6 Å². The molecule has 1 heterocycles. The summed E-state index contributed by atoms with van der Waals surface area (Å²) in [6.07, 6.45) is 6.04. The van der Waals surface area contributed by atoms with Gasteiger partial charge in [0.1, 0.15) is 0 Å². The molecule has 0 fully saturated rings. The molecular formula is C15H13N3O3S. The number of rotatable bonds is 4. The third kappa shape index (κ3) is 3.20. The number of nitro groups is 1. The van der Waals surface area contributed by atoms with Crippen LogP contribution in [0.25, 0.3) is 6.08 Å². The molecule has 6 nitrogen and oxygen atoms in total. The Morgan fingerprint density at radius 3 is 3.05 bits per heavy atom. The maximum Gasteiger partial charge on any atom is 0.270 e. The third-order valence-electron chi connectivity index (χ3n) is 3.33. The Labute approximate surface area is 130 Å². The minimum absolute atomic E-state index is 0.00101. The van der Waals surface area contributed by atoms with Gasteiger partial charge in [-0.3, -0.25) is 20.2 Å². The first kappa shape index (κ1) is 14.4. The molecule has 1 N–H and O–H groups in total. The summed E-state index contributed by atoms with van der Waals surface area (Å²) in [6, 6.07) is 6.12. The molecule has 1 aliphatic rings. The molecule has 3 rings (SSSR count). The lowest BCUT2D eigenvalue weighted by atomic mass is 10.2. The van der Waals surface area contributed by atoms with Crippen molar-refractivity contribution < 1.29 is 9.72 Å². The van der Waals surface area contributed by atoms with Crippen molar-refractivity contribution in [2.24, 2.45) is 0 Å². The number of nitrogens with zero attached hydrogens (tertiary/aromatic N) is 2. The summed E-state index contributed by atoms with van der Waals surface area (Å²) >= 11 is 1.51. The molecular weight excluding hydrogens is 302 g/mol. The van der Waals surface area contributed by atoms with Crippen LogP contribution in [0.3, 0.4) is 0 Å². The van der Waals surface area contributed by atoms with Gasteiger partial charge in [0.2, 0.25) is 5.91 Å². The molecule has 1 aliphatic carbocycles. The quantitative estimate of drug-likeness (QED) is 0.533.